The molecule has 0 aromatic heterocycles. The Morgan fingerprint density at radius 1 is 1.41 bits per heavy atom. The normalized spacial score (nSPS) is 32.1. The van der Waals surface area contributed by atoms with E-state index in [2.05, 4.69) is 18.7 Å². The average molecular weight is 238 g/mol. The van der Waals surface area contributed by atoms with E-state index in [4.69, 9.17) is 5.73 Å². The first-order valence-electron chi connectivity index (χ1n) is 7.14. The van der Waals surface area contributed by atoms with Crippen LogP contribution in [-0.4, -0.2) is 29.9 Å². The van der Waals surface area contributed by atoms with Crippen molar-refractivity contribution >= 4 is 5.91 Å². The van der Waals surface area contributed by atoms with Crippen LogP contribution in [0.5, 0.6) is 0 Å². The molecular weight excluding hydrogens is 212 g/mol. The summed E-state index contributed by atoms with van der Waals surface area (Å²) >= 11 is 0. The van der Waals surface area contributed by atoms with E-state index in [1.807, 2.05) is 0 Å². The van der Waals surface area contributed by atoms with Crippen molar-refractivity contribution in [2.24, 2.45) is 17.1 Å². The summed E-state index contributed by atoms with van der Waals surface area (Å²) < 4.78 is 0. The zero-order chi connectivity index (χ0) is 12.5. The Labute approximate surface area is 105 Å². The Hall–Kier alpha value is -0.570. The monoisotopic (exact) mass is 238 g/mol. The fourth-order valence-corrected chi connectivity index (χ4v) is 3.17. The van der Waals surface area contributed by atoms with Gasteiger partial charge in [-0.25, -0.2) is 0 Å². The zero-order valence-electron chi connectivity index (χ0n) is 11.2. The molecule has 2 rings (SSSR count). The molecule has 2 aliphatic carbocycles. The summed E-state index contributed by atoms with van der Waals surface area (Å²) in [5.74, 6) is 1.03. The lowest BCUT2D eigenvalue weighted by Crippen LogP contribution is -2.55. The molecule has 0 radical (unpaired) electrons. The molecule has 17 heavy (non-hydrogen) atoms. The van der Waals surface area contributed by atoms with Crippen molar-refractivity contribution in [3.63, 3.8) is 0 Å². The second kappa shape index (κ2) is 4.97. The SMILES string of the molecule is CCCCN(C(=O)C1(CN)CC(C)C1)C1CC1. The first kappa shape index (κ1) is 12.9. The van der Waals surface area contributed by atoms with E-state index in [1.54, 1.807) is 0 Å². The maximum Gasteiger partial charge on any atom is 0.230 e. The molecule has 0 aromatic carbocycles. The van der Waals surface area contributed by atoms with Gasteiger partial charge in [0.1, 0.15) is 0 Å². The van der Waals surface area contributed by atoms with Crippen LogP contribution in [0.3, 0.4) is 0 Å². The van der Waals surface area contributed by atoms with Crippen molar-refractivity contribution in [2.75, 3.05) is 13.1 Å². The molecule has 0 aromatic rings. The summed E-state index contributed by atoms with van der Waals surface area (Å²) in [5.41, 5.74) is 5.67. The van der Waals surface area contributed by atoms with Crippen molar-refractivity contribution in [2.45, 2.75) is 58.4 Å². The number of rotatable bonds is 6. The molecule has 0 bridgehead atoms. The summed E-state index contributed by atoms with van der Waals surface area (Å²) in [6.45, 7) is 5.87. The Bertz CT molecular complexity index is 280. The van der Waals surface area contributed by atoms with E-state index in [0.29, 0.717) is 24.4 Å². The second-order valence-corrected chi connectivity index (χ2v) is 6.08. The second-order valence-electron chi connectivity index (χ2n) is 6.08. The molecule has 0 spiro atoms. The predicted molar refractivity (Wildman–Crippen MR) is 69.5 cm³/mol. The quantitative estimate of drug-likeness (QED) is 0.770. The topological polar surface area (TPSA) is 46.3 Å². The molecule has 2 N–H and O–H groups in total. The number of unbranched alkanes of at least 4 members (excludes halogenated alkanes) is 1. The van der Waals surface area contributed by atoms with Gasteiger partial charge in [0.25, 0.3) is 0 Å². The van der Waals surface area contributed by atoms with Gasteiger partial charge in [0, 0.05) is 19.1 Å². The van der Waals surface area contributed by atoms with E-state index in [1.165, 1.54) is 12.8 Å². The minimum absolute atomic E-state index is 0.199. The summed E-state index contributed by atoms with van der Waals surface area (Å²) in [6.07, 6.45) is 6.67. The van der Waals surface area contributed by atoms with E-state index < -0.39 is 0 Å². The van der Waals surface area contributed by atoms with Crippen molar-refractivity contribution < 1.29 is 4.79 Å². The first-order valence-corrected chi connectivity index (χ1v) is 7.14. The van der Waals surface area contributed by atoms with Crippen molar-refractivity contribution in [1.29, 1.82) is 0 Å². The molecule has 0 heterocycles. The van der Waals surface area contributed by atoms with Crippen molar-refractivity contribution in [3.05, 3.63) is 0 Å². The van der Waals surface area contributed by atoms with Gasteiger partial charge >= 0.3 is 0 Å². The summed E-state index contributed by atoms with van der Waals surface area (Å²) in [7, 11) is 0. The molecule has 0 aliphatic heterocycles. The first-order chi connectivity index (χ1) is 8.13. The van der Waals surface area contributed by atoms with Crippen molar-refractivity contribution in [3.8, 4) is 0 Å². The molecule has 3 nitrogen and oxygen atoms in total. The van der Waals surface area contributed by atoms with Crippen LogP contribution in [0.25, 0.3) is 0 Å². The highest BCUT2D eigenvalue weighted by Crippen LogP contribution is 2.47. The van der Waals surface area contributed by atoms with Gasteiger partial charge in [-0.15, -0.1) is 0 Å². The van der Waals surface area contributed by atoms with Crippen LogP contribution in [0.4, 0.5) is 0 Å². The predicted octanol–water partition coefficient (Wildman–Crippen LogP) is 2.15. The highest BCUT2D eigenvalue weighted by atomic mass is 16.2. The Morgan fingerprint density at radius 2 is 2.06 bits per heavy atom. The molecule has 1 amide bonds. The number of amides is 1. The zero-order valence-corrected chi connectivity index (χ0v) is 11.2. The number of carbonyl (C=O) groups is 1. The van der Waals surface area contributed by atoms with E-state index in [9.17, 15) is 4.79 Å². The lowest BCUT2D eigenvalue weighted by molar-refractivity contribution is -0.150. The molecular formula is C14H26N2O. The van der Waals surface area contributed by atoms with Gasteiger partial charge in [-0.3, -0.25) is 4.79 Å². The minimum Gasteiger partial charge on any atom is -0.339 e. The number of carbonyl (C=O) groups excluding carboxylic acids is 1. The largest absolute Gasteiger partial charge is 0.339 e. The molecule has 2 saturated carbocycles. The van der Waals surface area contributed by atoms with Gasteiger partial charge in [-0.1, -0.05) is 20.3 Å². The Balaban J connectivity index is 1.99. The molecule has 2 fully saturated rings. The maximum atomic E-state index is 12.7. The van der Waals surface area contributed by atoms with Crippen LogP contribution >= 0.6 is 0 Å². The summed E-state index contributed by atoms with van der Waals surface area (Å²) in [4.78, 5) is 14.8. The lowest BCUT2D eigenvalue weighted by atomic mass is 9.61. The van der Waals surface area contributed by atoms with Gasteiger partial charge < -0.3 is 10.6 Å². The molecule has 0 saturated heterocycles. The van der Waals surface area contributed by atoms with Gasteiger partial charge in [0.15, 0.2) is 0 Å². The van der Waals surface area contributed by atoms with Crippen LogP contribution in [0.1, 0.15) is 52.4 Å². The van der Waals surface area contributed by atoms with Crippen LogP contribution in [-0.2, 0) is 4.79 Å². The third kappa shape index (κ3) is 2.49. The van der Waals surface area contributed by atoms with E-state index >= 15 is 0 Å². The minimum atomic E-state index is -0.199. The lowest BCUT2D eigenvalue weighted by Gasteiger charge is -2.47. The third-order valence-corrected chi connectivity index (χ3v) is 4.32. The molecule has 0 atom stereocenters. The maximum absolute atomic E-state index is 12.7. The fraction of sp³-hybridized carbons (Fsp3) is 0.929. The van der Waals surface area contributed by atoms with Crippen LogP contribution < -0.4 is 5.73 Å². The molecule has 2 aliphatic rings. The van der Waals surface area contributed by atoms with Crippen LogP contribution in [0.15, 0.2) is 0 Å². The van der Waals surface area contributed by atoms with E-state index in [-0.39, 0.29) is 5.41 Å². The smallest absolute Gasteiger partial charge is 0.230 e. The number of hydrogen-bond acceptors (Lipinski definition) is 2. The summed E-state index contributed by atoms with van der Waals surface area (Å²) in [6, 6.07) is 0.536. The molecule has 3 heteroatoms. The van der Waals surface area contributed by atoms with Gasteiger partial charge in [-0.2, -0.15) is 0 Å². The number of hydrogen-bond donors (Lipinski definition) is 1. The van der Waals surface area contributed by atoms with Crippen LogP contribution in [0, 0.1) is 11.3 Å². The van der Waals surface area contributed by atoms with Crippen LogP contribution in [0.2, 0.25) is 0 Å². The molecule has 98 valence electrons. The van der Waals surface area contributed by atoms with Gasteiger partial charge in [0.05, 0.1) is 5.41 Å². The number of nitrogens with two attached hydrogens (primary N) is 1. The van der Waals surface area contributed by atoms with Gasteiger partial charge in [0.2, 0.25) is 5.91 Å². The molecule has 0 unspecified atom stereocenters. The fourth-order valence-electron chi connectivity index (χ4n) is 3.17. The highest BCUT2D eigenvalue weighted by Gasteiger charge is 2.50. The van der Waals surface area contributed by atoms with Crippen molar-refractivity contribution in [1.82, 2.24) is 4.90 Å². The highest BCUT2D eigenvalue weighted by molar-refractivity contribution is 5.84. The van der Waals surface area contributed by atoms with E-state index in [0.717, 1.165) is 32.2 Å². The Morgan fingerprint density at radius 3 is 2.47 bits per heavy atom. The third-order valence-electron chi connectivity index (χ3n) is 4.32. The average Bonchev–Trinajstić information content (AvgIpc) is 3.09. The van der Waals surface area contributed by atoms with Gasteiger partial charge in [-0.05, 0) is 38.0 Å². The number of nitrogens with zero attached hydrogens (tertiary/aromatic N) is 1. The standard InChI is InChI=1S/C14H26N2O/c1-3-4-7-16(12-5-6-12)13(17)14(10-15)8-11(2)9-14/h11-12H,3-10,15H2,1-2H3. The Kier molecular flexibility index (Phi) is 3.76. The summed E-state index contributed by atoms with van der Waals surface area (Å²) in [5, 5.41) is 0.